The number of rotatable bonds is 3. The maximum atomic E-state index is 4.44. The number of halogens is 1. The molecule has 0 radical (unpaired) electrons. The highest BCUT2D eigenvalue weighted by Gasteiger charge is 2.14. The molecule has 0 saturated heterocycles. The van der Waals surface area contributed by atoms with E-state index in [4.69, 9.17) is 0 Å². The second-order valence-electron chi connectivity index (χ2n) is 3.62. The first-order valence-corrected chi connectivity index (χ1v) is 6.76. The van der Waals surface area contributed by atoms with Crippen LogP contribution in [0.1, 0.15) is 6.92 Å². The van der Waals surface area contributed by atoms with Crippen LogP contribution in [-0.2, 0) is 0 Å². The van der Waals surface area contributed by atoms with Gasteiger partial charge in [0.05, 0.1) is 5.52 Å². The van der Waals surface area contributed by atoms with Crippen LogP contribution in [0.4, 0.5) is 5.00 Å². The van der Waals surface area contributed by atoms with Gasteiger partial charge in [0, 0.05) is 23.8 Å². The van der Waals surface area contributed by atoms with Gasteiger partial charge in [0.25, 0.3) is 0 Å². The highest BCUT2D eigenvalue weighted by molar-refractivity contribution is 9.09. The fourth-order valence-corrected chi connectivity index (χ4v) is 2.79. The van der Waals surface area contributed by atoms with Crippen LogP contribution >= 0.6 is 27.5 Å². The van der Waals surface area contributed by atoms with E-state index in [2.05, 4.69) is 57.4 Å². The molecule has 1 aromatic carbocycles. The Labute approximate surface area is 102 Å². The van der Waals surface area contributed by atoms with Crippen molar-refractivity contribution in [2.45, 2.75) is 13.0 Å². The van der Waals surface area contributed by atoms with Crippen molar-refractivity contribution < 1.29 is 0 Å². The molecule has 80 valence electrons. The molecule has 4 heteroatoms. The Balaban J connectivity index is 2.43. The first-order valence-electron chi connectivity index (χ1n) is 4.87. The summed E-state index contributed by atoms with van der Waals surface area (Å²) in [5.41, 5.74) is 1.09. The van der Waals surface area contributed by atoms with E-state index in [-0.39, 0.29) is 0 Å². The van der Waals surface area contributed by atoms with Crippen molar-refractivity contribution in [3.05, 3.63) is 24.3 Å². The normalized spacial score (nSPS) is 13.0. The molecule has 0 N–H and O–H groups in total. The lowest BCUT2D eigenvalue weighted by molar-refractivity contribution is 0.778. The third kappa shape index (κ3) is 2.01. The molecule has 1 heterocycles. The van der Waals surface area contributed by atoms with Crippen molar-refractivity contribution in [2.75, 3.05) is 17.3 Å². The molecule has 0 spiro atoms. The van der Waals surface area contributed by atoms with Gasteiger partial charge < -0.3 is 4.90 Å². The molecule has 1 aromatic heterocycles. The van der Waals surface area contributed by atoms with Gasteiger partial charge in [-0.2, -0.15) is 4.37 Å². The number of benzene rings is 1. The van der Waals surface area contributed by atoms with Crippen molar-refractivity contribution >= 4 is 43.4 Å². The minimum Gasteiger partial charge on any atom is -0.361 e. The van der Waals surface area contributed by atoms with E-state index in [1.165, 1.54) is 10.4 Å². The smallest absolute Gasteiger partial charge is 0.119 e. The molecule has 0 aliphatic rings. The quantitative estimate of drug-likeness (QED) is 0.802. The van der Waals surface area contributed by atoms with Crippen LogP contribution in [0.5, 0.6) is 0 Å². The van der Waals surface area contributed by atoms with Gasteiger partial charge in [-0.3, -0.25) is 0 Å². The molecule has 0 fully saturated rings. The van der Waals surface area contributed by atoms with Crippen LogP contribution in [0.25, 0.3) is 10.9 Å². The second kappa shape index (κ2) is 4.49. The van der Waals surface area contributed by atoms with E-state index in [1.54, 1.807) is 11.5 Å². The zero-order valence-corrected chi connectivity index (χ0v) is 11.2. The minimum atomic E-state index is 0.480. The zero-order chi connectivity index (χ0) is 10.8. The Kier molecular flexibility index (Phi) is 3.26. The van der Waals surface area contributed by atoms with E-state index in [0.29, 0.717) is 6.04 Å². The lowest BCUT2D eigenvalue weighted by Gasteiger charge is -2.23. The predicted octanol–water partition coefficient (Wildman–Crippen LogP) is 3.52. The van der Waals surface area contributed by atoms with E-state index < -0.39 is 0 Å². The molecule has 2 aromatic rings. The number of nitrogens with zero attached hydrogens (tertiary/aromatic N) is 2. The van der Waals surface area contributed by atoms with Gasteiger partial charge in [-0.15, -0.1) is 0 Å². The van der Waals surface area contributed by atoms with E-state index in [1.807, 2.05) is 6.07 Å². The van der Waals surface area contributed by atoms with Gasteiger partial charge >= 0.3 is 0 Å². The molecule has 0 aliphatic heterocycles. The molecule has 0 amide bonds. The summed E-state index contributed by atoms with van der Waals surface area (Å²) in [6.07, 6.45) is 0. The van der Waals surface area contributed by atoms with Crippen LogP contribution in [0.15, 0.2) is 24.3 Å². The number of hydrogen-bond acceptors (Lipinski definition) is 3. The molecule has 1 unspecified atom stereocenters. The predicted molar refractivity (Wildman–Crippen MR) is 71.3 cm³/mol. The maximum absolute atomic E-state index is 4.44. The summed E-state index contributed by atoms with van der Waals surface area (Å²) in [4.78, 5) is 2.27. The van der Waals surface area contributed by atoms with Gasteiger partial charge in [-0.05, 0) is 30.6 Å². The second-order valence-corrected chi connectivity index (χ2v) is 5.02. The van der Waals surface area contributed by atoms with E-state index >= 15 is 0 Å². The van der Waals surface area contributed by atoms with Gasteiger partial charge in [0.1, 0.15) is 5.00 Å². The van der Waals surface area contributed by atoms with Gasteiger partial charge in [0.15, 0.2) is 0 Å². The van der Waals surface area contributed by atoms with Crippen molar-refractivity contribution in [1.82, 2.24) is 4.37 Å². The van der Waals surface area contributed by atoms with E-state index in [0.717, 1.165) is 10.8 Å². The van der Waals surface area contributed by atoms with Crippen LogP contribution in [0.3, 0.4) is 0 Å². The SMILES string of the molecule is CC(CBr)N(C)c1snc2ccccc12. The lowest BCUT2D eigenvalue weighted by Crippen LogP contribution is -2.29. The third-order valence-electron chi connectivity index (χ3n) is 2.57. The summed E-state index contributed by atoms with van der Waals surface area (Å²) in [6.45, 7) is 2.20. The first kappa shape index (κ1) is 10.9. The fraction of sp³-hybridized carbons (Fsp3) is 0.364. The van der Waals surface area contributed by atoms with Crippen LogP contribution in [-0.4, -0.2) is 22.8 Å². The fourth-order valence-electron chi connectivity index (χ4n) is 1.43. The average molecular weight is 285 g/mol. The summed E-state index contributed by atoms with van der Waals surface area (Å²) in [7, 11) is 2.12. The van der Waals surface area contributed by atoms with E-state index in [9.17, 15) is 0 Å². The van der Waals surface area contributed by atoms with Gasteiger partial charge in [0.2, 0.25) is 0 Å². The third-order valence-corrected chi connectivity index (χ3v) is 4.48. The summed E-state index contributed by atoms with van der Waals surface area (Å²) < 4.78 is 4.44. The van der Waals surface area contributed by atoms with Crippen molar-refractivity contribution in [3.63, 3.8) is 0 Å². The Morgan fingerprint density at radius 3 is 2.93 bits per heavy atom. The Morgan fingerprint density at radius 2 is 2.20 bits per heavy atom. The molecule has 0 saturated carbocycles. The van der Waals surface area contributed by atoms with Crippen LogP contribution < -0.4 is 4.90 Å². The number of hydrogen-bond donors (Lipinski definition) is 0. The number of aromatic nitrogens is 1. The Bertz CT molecular complexity index is 455. The molecule has 2 rings (SSSR count). The maximum Gasteiger partial charge on any atom is 0.119 e. The molecule has 0 aliphatic carbocycles. The van der Waals surface area contributed by atoms with Gasteiger partial charge in [-0.1, -0.05) is 28.1 Å². The zero-order valence-electron chi connectivity index (χ0n) is 8.77. The summed E-state index contributed by atoms with van der Waals surface area (Å²) in [5, 5.41) is 3.46. The van der Waals surface area contributed by atoms with Crippen molar-refractivity contribution in [1.29, 1.82) is 0 Å². The molecule has 15 heavy (non-hydrogen) atoms. The molecule has 2 nitrogen and oxygen atoms in total. The molecule has 1 atom stereocenters. The van der Waals surface area contributed by atoms with Crippen molar-refractivity contribution in [3.8, 4) is 0 Å². The number of alkyl halides is 1. The largest absolute Gasteiger partial charge is 0.361 e. The van der Waals surface area contributed by atoms with Gasteiger partial charge in [-0.25, -0.2) is 0 Å². The van der Waals surface area contributed by atoms with Crippen molar-refractivity contribution in [2.24, 2.45) is 0 Å². The monoisotopic (exact) mass is 284 g/mol. The summed E-state index contributed by atoms with van der Waals surface area (Å²) >= 11 is 5.08. The number of fused-ring (bicyclic) bond motifs is 1. The molecule has 0 bridgehead atoms. The summed E-state index contributed by atoms with van der Waals surface area (Å²) in [5.74, 6) is 0. The molecular formula is C11H13BrN2S. The Morgan fingerprint density at radius 1 is 1.47 bits per heavy atom. The summed E-state index contributed by atoms with van der Waals surface area (Å²) in [6, 6.07) is 8.76. The van der Waals surface area contributed by atoms with Crippen LogP contribution in [0, 0.1) is 0 Å². The lowest BCUT2D eigenvalue weighted by atomic mass is 10.2. The minimum absolute atomic E-state index is 0.480. The average Bonchev–Trinajstić information content (AvgIpc) is 2.70. The first-order chi connectivity index (χ1) is 7.24. The Hall–Kier alpha value is -0.610. The van der Waals surface area contributed by atoms with Crippen LogP contribution in [0.2, 0.25) is 0 Å². The highest BCUT2D eigenvalue weighted by Crippen LogP contribution is 2.31. The highest BCUT2D eigenvalue weighted by atomic mass is 79.9. The standard InChI is InChI=1S/C11H13BrN2S/c1-8(7-12)14(2)11-9-5-3-4-6-10(9)13-15-11/h3-6,8H,7H2,1-2H3. The number of anilines is 1. The topological polar surface area (TPSA) is 16.1 Å². The molecular weight excluding hydrogens is 272 g/mol.